The largest absolute Gasteiger partial charge is 0.392 e. The quantitative estimate of drug-likeness (QED) is 0.865. The highest BCUT2D eigenvalue weighted by Crippen LogP contribution is 2.35. The molecular formula is C13H22N2O2. The molecule has 4 nitrogen and oxygen atoms in total. The van der Waals surface area contributed by atoms with Crippen LogP contribution in [0.25, 0.3) is 0 Å². The van der Waals surface area contributed by atoms with Gasteiger partial charge in [0.15, 0.2) is 0 Å². The van der Waals surface area contributed by atoms with E-state index in [1.807, 2.05) is 19.4 Å². The first-order chi connectivity index (χ1) is 7.99. The van der Waals surface area contributed by atoms with Gasteiger partial charge in [-0.15, -0.1) is 0 Å². The molecule has 1 fully saturated rings. The number of nitrogens with zero attached hydrogens (tertiary/aromatic N) is 2. The Morgan fingerprint density at radius 2 is 2.12 bits per heavy atom. The van der Waals surface area contributed by atoms with Gasteiger partial charge in [0, 0.05) is 25.6 Å². The lowest BCUT2D eigenvalue weighted by molar-refractivity contribution is 0.0240. The molecule has 0 bridgehead atoms. The zero-order valence-electron chi connectivity index (χ0n) is 11.0. The van der Waals surface area contributed by atoms with E-state index in [1.54, 1.807) is 4.68 Å². The summed E-state index contributed by atoms with van der Waals surface area (Å²) in [7, 11) is 1.89. The van der Waals surface area contributed by atoms with Crippen molar-refractivity contribution in [1.29, 1.82) is 0 Å². The first-order valence-corrected chi connectivity index (χ1v) is 6.30. The summed E-state index contributed by atoms with van der Waals surface area (Å²) >= 11 is 0. The summed E-state index contributed by atoms with van der Waals surface area (Å²) in [6.07, 6.45) is 4.44. The molecule has 1 aromatic rings. The maximum absolute atomic E-state index is 10.4. The van der Waals surface area contributed by atoms with E-state index in [0.29, 0.717) is 12.3 Å². The highest BCUT2D eigenvalue weighted by molar-refractivity contribution is 5.06. The predicted molar refractivity (Wildman–Crippen MR) is 65.6 cm³/mol. The number of aliphatic hydroxyl groups excluding tert-OH is 1. The minimum Gasteiger partial charge on any atom is -0.392 e. The second-order valence-corrected chi connectivity index (χ2v) is 5.28. The fraction of sp³-hybridized carbons (Fsp3) is 0.769. The molecule has 2 rings (SSSR count). The first kappa shape index (κ1) is 12.6. The van der Waals surface area contributed by atoms with Gasteiger partial charge in [0.2, 0.25) is 0 Å². The topological polar surface area (TPSA) is 47.3 Å². The van der Waals surface area contributed by atoms with Crippen molar-refractivity contribution in [2.75, 3.05) is 0 Å². The van der Waals surface area contributed by atoms with E-state index in [1.165, 1.54) is 0 Å². The Morgan fingerprint density at radius 1 is 1.41 bits per heavy atom. The molecule has 1 aliphatic rings. The normalized spacial score (nSPS) is 35.1. The highest BCUT2D eigenvalue weighted by Gasteiger charge is 2.41. The van der Waals surface area contributed by atoms with Gasteiger partial charge < -0.3 is 9.84 Å². The van der Waals surface area contributed by atoms with Gasteiger partial charge in [0.25, 0.3) is 0 Å². The van der Waals surface area contributed by atoms with Gasteiger partial charge in [0.05, 0.1) is 24.5 Å². The van der Waals surface area contributed by atoms with Gasteiger partial charge in [-0.2, -0.15) is 5.10 Å². The van der Waals surface area contributed by atoms with Crippen molar-refractivity contribution in [1.82, 2.24) is 9.78 Å². The van der Waals surface area contributed by atoms with Crippen LogP contribution < -0.4 is 0 Å². The van der Waals surface area contributed by atoms with E-state index in [0.717, 1.165) is 5.56 Å². The molecule has 0 spiro atoms. The van der Waals surface area contributed by atoms with Gasteiger partial charge in [-0.05, 0) is 25.3 Å². The number of aromatic nitrogens is 2. The van der Waals surface area contributed by atoms with E-state index < -0.39 is 0 Å². The molecule has 0 amide bonds. The minimum atomic E-state index is -0.353. The van der Waals surface area contributed by atoms with E-state index in [4.69, 9.17) is 4.74 Å². The monoisotopic (exact) mass is 238 g/mol. The van der Waals surface area contributed by atoms with Crippen LogP contribution in [0, 0.1) is 11.8 Å². The SMILES string of the molecule is CC1OC(C)C(C(O)Cc2cnn(C)c2)C1C. The van der Waals surface area contributed by atoms with Gasteiger partial charge in [-0.25, -0.2) is 0 Å². The standard InChI is InChI=1S/C13H22N2O2/c1-8-9(2)17-10(3)13(8)12(16)5-11-6-14-15(4)7-11/h6-10,12-13,16H,5H2,1-4H3. The van der Waals surface area contributed by atoms with Crippen molar-refractivity contribution in [3.05, 3.63) is 18.0 Å². The van der Waals surface area contributed by atoms with Crippen LogP contribution in [0.5, 0.6) is 0 Å². The molecule has 0 saturated carbocycles. The summed E-state index contributed by atoms with van der Waals surface area (Å²) in [5.74, 6) is 0.613. The van der Waals surface area contributed by atoms with Crippen molar-refractivity contribution in [2.24, 2.45) is 18.9 Å². The zero-order chi connectivity index (χ0) is 12.6. The molecule has 1 saturated heterocycles. The van der Waals surface area contributed by atoms with E-state index >= 15 is 0 Å². The molecule has 4 heteroatoms. The summed E-state index contributed by atoms with van der Waals surface area (Å²) in [5.41, 5.74) is 1.08. The Morgan fingerprint density at radius 3 is 2.59 bits per heavy atom. The fourth-order valence-corrected chi connectivity index (χ4v) is 2.91. The van der Waals surface area contributed by atoms with Gasteiger partial charge >= 0.3 is 0 Å². The van der Waals surface area contributed by atoms with Crippen LogP contribution >= 0.6 is 0 Å². The number of aliphatic hydroxyl groups is 1. The molecule has 17 heavy (non-hydrogen) atoms. The molecule has 1 aromatic heterocycles. The third kappa shape index (κ3) is 2.53. The second-order valence-electron chi connectivity index (χ2n) is 5.28. The number of hydrogen-bond donors (Lipinski definition) is 1. The highest BCUT2D eigenvalue weighted by atomic mass is 16.5. The van der Waals surface area contributed by atoms with E-state index in [-0.39, 0.29) is 24.2 Å². The summed E-state index contributed by atoms with van der Waals surface area (Å²) in [6, 6.07) is 0. The Bertz CT molecular complexity index is 377. The molecule has 5 unspecified atom stereocenters. The molecule has 0 radical (unpaired) electrons. The van der Waals surface area contributed by atoms with Crippen LogP contribution in [-0.4, -0.2) is 33.2 Å². The number of aryl methyl sites for hydroxylation is 1. The van der Waals surface area contributed by atoms with Crippen molar-refractivity contribution in [3.63, 3.8) is 0 Å². The minimum absolute atomic E-state index is 0.131. The van der Waals surface area contributed by atoms with Crippen LogP contribution in [0.4, 0.5) is 0 Å². The molecule has 0 aromatic carbocycles. The number of ether oxygens (including phenoxy) is 1. The third-order valence-corrected chi connectivity index (χ3v) is 3.97. The van der Waals surface area contributed by atoms with Crippen molar-refractivity contribution in [3.8, 4) is 0 Å². The van der Waals surface area contributed by atoms with Gasteiger partial charge in [-0.3, -0.25) is 4.68 Å². The van der Waals surface area contributed by atoms with Crippen LogP contribution in [0.3, 0.4) is 0 Å². The van der Waals surface area contributed by atoms with E-state index in [2.05, 4.69) is 25.9 Å². The summed E-state index contributed by atoms with van der Waals surface area (Å²) in [4.78, 5) is 0. The molecule has 2 heterocycles. The van der Waals surface area contributed by atoms with Gasteiger partial charge in [0.1, 0.15) is 0 Å². The lowest BCUT2D eigenvalue weighted by atomic mass is 9.83. The summed E-state index contributed by atoms with van der Waals surface area (Å²) < 4.78 is 7.54. The van der Waals surface area contributed by atoms with Crippen LogP contribution in [0.15, 0.2) is 12.4 Å². The number of hydrogen-bond acceptors (Lipinski definition) is 3. The Kier molecular flexibility index (Phi) is 3.54. The molecule has 1 N–H and O–H groups in total. The summed E-state index contributed by atoms with van der Waals surface area (Å²) in [5, 5.41) is 14.5. The van der Waals surface area contributed by atoms with Crippen LogP contribution in [0.2, 0.25) is 0 Å². The Labute approximate surface area is 103 Å². The van der Waals surface area contributed by atoms with Crippen LogP contribution in [0.1, 0.15) is 26.3 Å². The maximum Gasteiger partial charge on any atom is 0.0638 e. The third-order valence-electron chi connectivity index (χ3n) is 3.97. The summed E-state index contributed by atoms with van der Waals surface area (Å²) in [6.45, 7) is 6.29. The number of rotatable bonds is 3. The Balaban J connectivity index is 2.02. The zero-order valence-corrected chi connectivity index (χ0v) is 11.0. The van der Waals surface area contributed by atoms with Crippen molar-refractivity contribution in [2.45, 2.75) is 45.5 Å². The smallest absolute Gasteiger partial charge is 0.0638 e. The average molecular weight is 238 g/mol. The second kappa shape index (κ2) is 4.78. The molecule has 0 aliphatic carbocycles. The van der Waals surface area contributed by atoms with Gasteiger partial charge in [-0.1, -0.05) is 6.92 Å². The first-order valence-electron chi connectivity index (χ1n) is 6.30. The Hall–Kier alpha value is -0.870. The maximum atomic E-state index is 10.4. The predicted octanol–water partition coefficient (Wildman–Crippen LogP) is 1.38. The van der Waals surface area contributed by atoms with Crippen molar-refractivity contribution < 1.29 is 9.84 Å². The fourth-order valence-electron chi connectivity index (χ4n) is 2.91. The molecular weight excluding hydrogens is 216 g/mol. The van der Waals surface area contributed by atoms with E-state index in [9.17, 15) is 5.11 Å². The molecule has 5 atom stereocenters. The molecule has 96 valence electrons. The van der Waals surface area contributed by atoms with Crippen molar-refractivity contribution >= 4 is 0 Å². The molecule has 1 aliphatic heterocycles. The lowest BCUT2D eigenvalue weighted by Crippen LogP contribution is -2.32. The van der Waals surface area contributed by atoms with Crippen LogP contribution in [-0.2, 0) is 18.2 Å². The average Bonchev–Trinajstić information content (AvgIpc) is 2.73. The lowest BCUT2D eigenvalue weighted by Gasteiger charge is -2.24.